The molecular formula is C19H20N2OS. The maximum atomic E-state index is 12.7. The van der Waals surface area contributed by atoms with Crippen LogP contribution in [0.2, 0.25) is 0 Å². The molecule has 0 spiro atoms. The Balaban J connectivity index is 1.73. The van der Waals surface area contributed by atoms with E-state index in [1.807, 2.05) is 21.7 Å². The topological polar surface area (TPSA) is 25.2 Å². The van der Waals surface area contributed by atoms with Crippen molar-refractivity contribution in [2.45, 2.75) is 32.9 Å². The van der Waals surface area contributed by atoms with Gasteiger partial charge in [0.15, 0.2) is 0 Å². The minimum Gasteiger partial charge on any atom is -0.347 e. The summed E-state index contributed by atoms with van der Waals surface area (Å²) in [6.45, 7) is 4.75. The van der Waals surface area contributed by atoms with Gasteiger partial charge in [0.05, 0.1) is 5.56 Å². The van der Waals surface area contributed by atoms with Crippen LogP contribution in [0.5, 0.6) is 0 Å². The third kappa shape index (κ3) is 2.47. The van der Waals surface area contributed by atoms with Crippen molar-refractivity contribution in [2.24, 2.45) is 0 Å². The molecule has 1 amide bonds. The van der Waals surface area contributed by atoms with E-state index in [0.717, 1.165) is 31.5 Å². The fourth-order valence-electron chi connectivity index (χ4n) is 3.55. The highest BCUT2D eigenvalue weighted by molar-refractivity contribution is 7.08. The number of thiophene rings is 1. The van der Waals surface area contributed by atoms with Crippen LogP contribution in [0.25, 0.3) is 10.9 Å². The van der Waals surface area contributed by atoms with Crippen LogP contribution >= 0.6 is 11.3 Å². The molecule has 0 N–H and O–H groups in total. The lowest BCUT2D eigenvalue weighted by Gasteiger charge is -2.20. The Hall–Kier alpha value is -2.07. The van der Waals surface area contributed by atoms with Crippen LogP contribution in [0.15, 0.2) is 41.2 Å². The highest BCUT2D eigenvalue weighted by Crippen LogP contribution is 2.30. The Morgan fingerprint density at radius 2 is 2.17 bits per heavy atom. The molecule has 3 nitrogen and oxygen atoms in total. The van der Waals surface area contributed by atoms with Gasteiger partial charge in [-0.15, -0.1) is 0 Å². The van der Waals surface area contributed by atoms with Gasteiger partial charge in [0.2, 0.25) is 0 Å². The summed E-state index contributed by atoms with van der Waals surface area (Å²) >= 11 is 1.58. The molecule has 0 fully saturated rings. The van der Waals surface area contributed by atoms with E-state index in [-0.39, 0.29) is 5.91 Å². The molecule has 3 aromatic rings. The Kier molecular flexibility index (Phi) is 3.69. The third-order valence-corrected chi connectivity index (χ3v) is 5.29. The van der Waals surface area contributed by atoms with Gasteiger partial charge in [-0.25, -0.2) is 0 Å². The lowest BCUT2D eigenvalue weighted by molar-refractivity contribution is 0.0748. The van der Waals surface area contributed by atoms with Gasteiger partial charge in [0.25, 0.3) is 5.91 Å². The summed E-state index contributed by atoms with van der Waals surface area (Å²) in [4.78, 5) is 14.7. The van der Waals surface area contributed by atoms with Crippen molar-refractivity contribution >= 4 is 28.1 Å². The van der Waals surface area contributed by atoms with Crippen molar-refractivity contribution in [3.63, 3.8) is 0 Å². The van der Waals surface area contributed by atoms with Gasteiger partial charge in [-0.3, -0.25) is 4.79 Å². The molecule has 0 saturated carbocycles. The zero-order valence-corrected chi connectivity index (χ0v) is 14.1. The third-order valence-electron chi connectivity index (χ3n) is 4.60. The Bertz CT molecular complexity index is 848. The van der Waals surface area contributed by atoms with E-state index in [0.29, 0.717) is 6.54 Å². The summed E-state index contributed by atoms with van der Waals surface area (Å²) in [5.41, 5.74) is 4.77. The first-order chi connectivity index (χ1) is 11.3. The molecule has 3 heterocycles. The normalized spacial score (nSPS) is 14.2. The summed E-state index contributed by atoms with van der Waals surface area (Å²) < 4.78 is 2.37. The van der Waals surface area contributed by atoms with Gasteiger partial charge in [-0.2, -0.15) is 11.3 Å². The number of nitrogens with zero attached hydrogens (tertiary/aromatic N) is 2. The van der Waals surface area contributed by atoms with Crippen molar-refractivity contribution in [3.05, 3.63) is 57.9 Å². The van der Waals surface area contributed by atoms with Gasteiger partial charge < -0.3 is 9.47 Å². The van der Waals surface area contributed by atoms with Crippen LogP contribution in [0.4, 0.5) is 0 Å². The number of benzene rings is 1. The Labute approximate surface area is 140 Å². The number of hydrogen-bond acceptors (Lipinski definition) is 2. The first-order valence-corrected chi connectivity index (χ1v) is 9.13. The number of amides is 1. The average molecular weight is 324 g/mol. The second kappa shape index (κ2) is 5.85. The SMILES string of the molecule is CCCn1cc2c3c(cccc31)CN(C(=O)c1ccsc1)CC2. The molecule has 1 aliphatic heterocycles. The Morgan fingerprint density at radius 3 is 2.96 bits per heavy atom. The lowest BCUT2D eigenvalue weighted by Crippen LogP contribution is -2.31. The predicted octanol–water partition coefficient (Wildman–Crippen LogP) is 4.31. The number of aryl methyl sites for hydroxylation is 1. The van der Waals surface area contributed by atoms with E-state index < -0.39 is 0 Å². The molecular weight excluding hydrogens is 304 g/mol. The maximum Gasteiger partial charge on any atom is 0.255 e. The minimum absolute atomic E-state index is 0.148. The largest absolute Gasteiger partial charge is 0.347 e. The lowest BCUT2D eigenvalue weighted by atomic mass is 10.1. The molecule has 1 aromatic carbocycles. The second-order valence-corrected chi connectivity index (χ2v) is 6.93. The fourth-order valence-corrected chi connectivity index (χ4v) is 4.18. The van der Waals surface area contributed by atoms with Crippen molar-refractivity contribution in [2.75, 3.05) is 6.54 Å². The zero-order valence-electron chi connectivity index (χ0n) is 13.3. The zero-order chi connectivity index (χ0) is 15.8. The molecule has 4 rings (SSSR count). The van der Waals surface area contributed by atoms with Crippen LogP contribution in [-0.4, -0.2) is 21.9 Å². The van der Waals surface area contributed by atoms with Crippen LogP contribution in [-0.2, 0) is 19.5 Å². The van der Waals surface area contributed by atoms with Crippen LogP contribution < -0.4 is 0 Å². The van der Waals surface area contributed by atoms with Crippen LogP contribution in [0.1, 0.15) is 34.8 Å². The second-order valence-electron chi connectivity index (χ2n) is 6.15. The molecule has 0 unspecified atom stereocenters. The summed E-state index contributed by atoms with van der Waals surface area (Å²) in [5, 5.41) is 5.27. The summed E-state index contributed by atoms with van der Waals surface area (Å²) in [5.74, 6) is 0.148. The fraction of sp³-hybridized carbons (Fsp3) is 0.316. The van der Waals surface area contributed by atoms with Crippen molar-refractivity contribution in [1.82, 2.24) is 9.47 Å². The number of rotatable bonds is 3. The monoisotopic (exact) mass is 324 g/mol. The van der Waals surface area contributed by atoms with E-state index in [4.69, 9.17) is 0 Å². The number of carbonyl (C=O) groups is 1. The molecule has 0 bridgehead atoms. The van der Waals surface area contributed by atoms with Crippen LogP contribution in [0.3, 0.4) is 0 Å². The maximum absolute atomic E-state index is 12.7. The van der Waals surface area contributed by atoms with Gasteiger partial charge in [-0.05, 0) is 41.5 Å². The van der Waals surface area contributed by atoms with Gasteiger partial charge in [0, 0.05) is 42.1 Å². The average Bonchev–Trinajstić information content (AvgIpc) is 3.16. The molecule has 0 aliphatic carbocycles. The molecule has 0 radical (unpaired) electrons. The first-order valence-electron chi connectivity index (χ1n) is 8.19. The Morgan fingerprint density at radius 1 is 1.26 bits per heavy atom. The quantitative estimate of drug-likeness (QED) is 0.705. The summed E-state index contributed by atoms with van der Waals surface area (Å²) in [6.07, 6.45) is 4.35. The standard InChI is InChI=1S/C19H20N2OS/c1-2-8-20-11-15-6-9-21(19(22)16-7-10-23-13-16)12-14-4-3-5-17(20)18(14)15/h3-5,7,10-11,13H,2,6,8-9,12H2,1H3. The van der Waals surface area contributed by atoms with Gasteiger partial charge >= 0.3 is 0 Å². The first kappa shape index (κ1) is 14.5. The van der Waals surface area contributed by atoms with Gasteiger partial charge in [-0.1, -0.05) is 19.1 Å². The molecule has 4 heteroatoms. The van der Waals surface area contributed by atoms with Crippen LogP contribution in [0, 0.1) is 0 Å². The summed E-state index contributed by atoms with van der Waals surface area (Å²) in [6, 6.07) is 8.41. The molecule has 1 aliphatic rings. The van der Waals surface area contributed by atoms with E-state index >= 15 is 0 Å². The molecule has 0 saturated heterocycles. The highest BCUT2D eigenvalue weighted by Gasteiger charge is 2.23. The van der Waals surface area contributed by atoms with Crippen molar-refractivity contribution in [1.29, 1.82) is 0 Å². The van der Waals surface area contributed by atoms with E-state index in [1.165, 1.54) is 22.0 Å². The smallest absolute Gasteiger partial charge is 0.255 e. The number of carbonyl (C=O) groups excluding carboxylic acids is 1. The molecule has 23 heavy (non-hydrogen) atoms. The number of aromatic nitrogens is 1. The predicted molar refractivity (Wildman–Crippen MR) is 95.0 cm³/mol. The molecule has 118 valence electrons. The summed E-state index contributed by atoms with van der Waals surface area (Å²) in [7, 11) is 0. The van der Waals surface area contributed by atoms with Crippen molar-refractivity contribution in [3.8, 4) is 0 Å². The minimum atomic E-state index is 0.148. The van der Waals surface area contributed by atoms with E-state index in [1.54, 1.807) is 11.3 Å². The van der Waals surface area contributed by atoms with E-state index in [2.05, 4.69) is 35.9 Å². The van der Waals surface area contributed by atoms with E-state index in [9.17, 15) is 4.79 Å². The van der Waals surface area contributed by atoms with Gasteiger partial charge in [0.1, 0.15) is 0 Å². The molecule has 0 atom stereocenters. The van der Waals surface area contributed by atoms with Crippen molar-refractivity contribution < 1.29 is 4.79 Å². The molecule has 2 aromatic heterocycles. The number of hydrogen-bond donors (Lipinski definition) is 0. The highest BCUT2D eigenvalue weighted by atomic mass is 32.1.